The number of hydrogen-bond acceptors (Lipinski definition) is 0. The maximum Gasteiger partial charge on any atom is 0.242 e. The van der Waals surface area contributed by atoms with Gasteiger partial charge in [0.15, 0.2) is 0 Å². The lowest BCUT2D eigenvalue weighted by Gasteiger charge is -2.16. The van der Waals surface area contributed by atoms with E-state index in [9.17, 15) is 0 Å². The number of aryl methyl sites for hydroxylation is 1. The van der Waals surface area contributed by atoms with Crippen molar-refractivity contribution in [3.63, 3.8) is 0 Å². The zero-order valence-corrected chi connectivity index (χ0v) is 18.1. The second-order valence-electron chi connectivity index (χ2n) is 9.19. The molecule has 0 saturated carbocycles. The number of aromatic nitrogens is 1. The number of hydrogen-bond donors (Lipinski definition) is 0. The van der Waals surface area contributed by atoms with Gasteiger partial charge in [0, 0.05) is 16.8 Å². The molecule has 152 valence electrons. The van der Waals surface area contributed by atoms with Crippen molar-refractivity contribution >= 4 is 34.0 Å². The number of nitrogens with zero attached hydrogens (tertiary/aromatic N) is 1. The first-order chi connectivity index (χ1) is 15.9. The highest BCUT2D eigenvalue weighted by atomic mass is 15.0. The van der Waals surface area contributed by atoms with Gasteiger partial charge in [-0.15, -0.1) is 0 Å². The van der Waals surface area contributed by atoms with Crippen LogP contribution in [0.3, 0.4) is 0 Å². The molecule has 0 bridgehead atoms. The van der Waals surface area contributed by atoms with E-state index in [1.807, 2.05) is 0 Å². The number of benzene rings is 4. The Balaban J connectivity index is 1.57. The molecule has 0 N–H and O–H groups in total. The van der Waals surface area contributed by atoms with Crippen LogP contribution in [0.25, 0.3) is 27.7 Å². The number of para-hydroxylation sites is 1. The summed E-state index contributed by atoms with van der Waals surface area (Å²) in [5, 5.41) is 1.45. The maximum atomic E-state index is 2.54. The molecule has 1 aliphatic heterocycles. The SMILES string of the molecule is c1ccc(B2c3ccccc3-c3cc4c(cc32)c2c(n4-c3ccccc3)CCCC2)cc1. The Morgan fingerprint density at radius 1 is 0.625 bits per heavy atom. The molecule has 1 nitrogen and oxygen atoms in total. The lowest BCUT2D eigenvalue weighted by atomic mass is 9.39. The van der Waals surface area contributed by atoms with Crippen molar-refractivity contribution in [3.8, 4) is 16.8 Å². The molecule has 0 atom stereocenters. The molecule has 0 saturated heterocycles. The van der Waals surface area contributed by atoms with Crippen LogP contribution in [0.5, 0.6) is 0 Å². The molecule has 5 aromatic rings. The van der Waals surface area contributed by atoms with E-state index in [0.717, 1.165) is 0 Å². The van der Waals surface area contributed by atoms with Gasteiger partial charge in [0.1, 0.15) is 0 Å². The molecule has 2 heterocycles. The van der Waals surface area contributed by atoms with Crippen molar-refractivity contribution in [2.75, 3.05) is 0 Å². The molecule has 32 heavy (non-hydrogen) atoms. The normalized spacial score (nSPS) is 14.3. The van der Waals surface area contributed by atoms with Crippen LogP contribution >= 0.6 is 0 Å². The molecule has 0 amide bonds. The van der Waals surface area contributed by atoms with E-state index < -0.39 is 0 Å². The summed E-state index contributed by atoms with van der Waals surface area (Å²) in [6.45, 7) is 0.311. The van der Waals surface area contributed by atoms with E-state index in [2.05, 4.69) is 102 Å². The summed E-state index contributed by atoms with van der Waals surface area (Å²) in [5.74, 6) is 0. The fraction of sp³-hybridized carbons (Fsp3) is 0.133. The molecule has 7 rings (SSSR count). The third-order valence-electron chi connectivity index (χ3n) is 7.46. The zero-order chi connectivity index (χ0) is 21.1. The molecular weight excluding hydrogens is 385 g/mol. The van der Waals surface area contributed by atoms with Gasteiger partial charge >= 0.3 is 0 Å². The molecule has 1 aliphatic carbocycles. The molecule has 0 radical (unpaired) electrons. The standard InChI is InChI=1S/C30H24BN/c1-3-11-21(12-4-1)31-27-17-9-7-15-23(27)25-20-30-26(19-28(25)31)24-16-8-10-18-29(24)32(30)22-13-5-2-6-14-22/h1-7,9,11-15,17,19-20H,8,10,16,18H2. The van der Waals surface area contributed by atoms with E-state index in [4.69, 9.17) is 0 Å². The van der Waals surface area contributed by atoms with E-state index in [1.165, 1.54) is 75.5 Å². The third-order valence-corrected chi connectivity index (χ3v) is 7.46. The average Bonchev–Trinajstić information content (AvgIpc) is 3.36. The Kier molecular flexibility index (Phi) is 3.96. The Morgan fingerprint density at radius 3 is 2.19 bits per heavy atom. The van der Waals surface area contributed by atoms with Crippen molar-refractivity contribution in [2.24, 2.45) is 0 Å². The van der Waals surface area contributed by atoms with Gasteiger partial charge in [0.2, 0.25) is 6.71 Å². The highest BCUT2D eigenvalue weighted by molar-refractivity contribution is 6.99. The Bertz CT molecular complexity index is 1460. The lowest BCUT2D eigenvalue weighted by Crippen LogP contribution is -2.48. The van der Waals surface area contributed by atoms with Gasteiger partial charge in [0.05, 0.1) is 5.52 Å². The lowest BCUT2D eigenvalue weighted by molar-refractivity contribution is 0.667. The van der Waals surface area contributed by atoms with Gasteiger partial charge in [-0.25, -0.2) is 0 Å². The largest absolute Gasteiger partial charge is 0.313 e. The molecular formula is C30H24BN. The van der Waals surface area contributed by atoms with Crippen molar-refractivity contribution < 1.29 is 0 Å². The van der Waals surface area contributed by atoms with Gasteiger partial charge in [-0.05, 0) is 60.6 Å². The van der Waals surface area contributed by atoms with Crippen LogP contribution in [-0.2, 0) is 12.8 Å². The van der Waals surface area contributed by atoms with Crippen LogP contribution in [-0.4, -0.2) is 11.3 Å². The molecule has 2 heteroatoms. The van der Waals surface area contributed by atoms with Gasteiger partial charge in [-0.2, -0.15) is 0 Å². The smallest absolute Gasteiger partial charge is 0.242 e. The fourth-order valence-corrected chi connectivity index (χ4v) is 6.11. The van der Waals surface area contributed by atoms with Crippen LogP contribution in [0.2, 0.25) is 0 Å². The maximum absolute atomic E-state index is 2.54. The van der Waals surface area contributed by atoms with Crippen molar-refractivity contribution in [1.82, 2.24) is 4.57 Å². The Hall–Kier alpha value is -3.52. The summed E-state index contributed by atoms with van der Waals surface area (Å²) in [7, 11) is 0. The highest BCUT2D eigenvalue weighted by Crippen LogP contribution is 2.37. The first kappa shape index (κ1) is 18.1. The fourth-order valence-electron chi connectivity index (χ4n) is 6.11. The summed E-state index contributed by atoms with van der Waals surface area (Å²) in [5.41, 5.74) is 12.8. The second kappa shape index (κ2) is 7.00. The van der Waals surface area contributed by atoms with E-state index in [1.54, 1.807) is 5.56 Å². The van der Waals surface area contributed by atoms with Crippen LogP contribution in [0.4, 0.5) is 0 Å². The predicted octanol–water partition coefficient (Wildman–Crippen LogP) is 5.01. The van der Waals surface area contributed by atoms with Gasteiger partial charge < -0.3 is 4.57 Å². The molecule has 2 aliphatic rings. The first-order valence-corrected chi connectivity index (χ1v) is 11.8. The van der Waals surface area contributed by atoms with Crippen LogP contribution in [0.15, 0.2) is 97.1 Å². The summed E-state index contributed by atoms with van der Waals surface area (Å²) in [6.07, 6.45) is 4.93. The Morgan fingerprint density at radius 2 is 1.34 bits per heavy atom. The van der Waals surface area contributed by atoms with E-state index >= 15 is 0 Å². The zero-order valence-electron chi connectivity index (χ0n) is 18.1. The number of rotatable bonds is 2. The molecule has 1 aromatic heterocycles. The monoisotopic (exact) mass is 409 g/mol. The quantitative estimate of drug-likeness (QED) is 0.355. The van der Waals surface area contributed by atoms with E-state index in [-0.39, 0.29) is 0 Å². The van der Waals surface area contributed by atoms with Gasteiger partial charge in [-0.3, -0.25) is 0 Å². The molecule has 0 spiro atoms. The minimum Gasteiger partial charge on any atom is -0.313 e. The predicted molar refractivity (Wildman–Crippen MR) is 136 cm³/mol. The average molecular weight is 409 g/mol. The first-order valence-electron chi connectivity index (χ1n) is 11.8. The van der Waals surface area contributed by atoms with Gasteiger partial charge in [-0.1, -0.05) is 95.3 Å². The summed E-state index contributed by atoms with van der Waals surface area (Å²) >= 11 is 0. The second-order valence-corrected chi connectivity index (χ2v) is 9.19. The minimum atomic E-state index is 0.311. The Labute approximate surface area is 189 Å². The van der Waals surface area contributed by atoms with Crippen molar-refractivity contribution in [1.29, 1.82) is 0 Å². The summed E-state index contributed by atoms with van der Waals surface area (Å²) in [4.78, 5) is 0. The van der Waals surface area contributed by atoms with E-state index in [0.29, 0.717) is 6.71 Å². The van der Waals surface area contributed by atoms with Crippen molar-refractivity contribution in [2.45, 2.75) is 25.7 Å². The topological polar surface area (TPSA) is 4.93 Å². The summed E-state index contributed by atoms with van der Waals surface area (Å²) in [6, 6.07) is 36.0. The van der Waals surface area contributed by atoms with Gasteiger partial charge in [0.25, 0.3) is 0 Å². The molecule has 0 unspecified atom stereocenters. The molecule has 0 fully saturated rings. The number of fused-ring (bicyclic) bond motifs is 6. The van der Waals surface area contributed by atoms with Crippen LogP contribution in [0.1, 0.15) is 24.1 Å². The van der Waals surface area contributed by atoms with Crippen LogP contribution in [0, 0.1) is 0 Å². The molecule has 4 aromatic carbocycles. The van der Waals surface area contributed by atoms with Crippen molar-refractivity contribution in [3.05, 3.63) is 108 Å². The minimum absolute atomic E-state index is 0.311. The highest BCUT2D eigenvalue weighted by Gasteiger charge is 2.34. The summed E-state index contributed by atoms with van der Waals surface area (Å²) < 4.78 is 2.54. The third kappa shape index (κ3) is 2.53. The van der Waals surface area contributed by atoms with Crippen LogP contribution < -0.4 is 16.4 Å².